The minimum Gasteiger partial charge on any atom is -0.467 e. The average molecular weight is 388 g/mol. The number of esters is 1. The number of likely N-dealkylation sites (tertiary alicyclic amines) is 1. The first kappa shape index (κ1) is 19.6. The maximum absolute atomic E-state index is 12.9. The van der Waals surface area contributed by atoms with Crippen molar-refractivity contribution in [3.05, 3.63) is 59.8 Å². The number of hydrogen-bond donors (Lipinski definition) is 1. The van der Waals surface area contributed by atoms with Crippen LogP contribution in [0.1, 0.15) is 24.7 Å². The monoisotopic (exact) mass is 388 g/mol. The Morgan fingerprint density at radius 2 is 2.07 bits per heavy atom. The van der Waals surface area contributed by atoms with Gasteiger partial charge in [0, 0.05) is 19.5 Å². The van der Waals surface area contributed by atoms with Gasteiger partial charge in [0.1, 0.15) is 11.6 Å². The lowest BCUT2D eigenvalue weighted by Gasteiger charge is -2.17. The summed E-state index contributed by atoms with van der Waals surface area (Å²) < 4.78 is 23.3. The van der Waals surface area contributed by atoms with Crippen molar-refractivity contribution < 1.29 is 27.9 Å². The molecule has 0 aliphatic carbocycles. The highest BCUT2D eigenvalue weighted by atomic mass is 19.1. The zero-order valence-electron chi connectivity index (χ0n) is 15.4. The van der Waals surface area contributed by atoms with Crippen molar-refractivity contribution in [1.82, 2.24) is 10.2 Å². The smallest absolute Gasteiger partial charge is 0.312 e. The Morgan fingerprint density at radius 1 is 1.32 bits per heavy atom. The third-order valence-electron chi connectivity index (χ3n) is 4.52. The minimum absolute atomic E-state index is 0.0451. The van der Waals surface area contributed by atoms with Crippen molar-refractivity contribution in [3.8, 4) is 0 Å². The van der Waals surface area contributed by atoms with Gasteiger partial charge in [-0.05, 0) is 36.8 Å². The Kier molecular flexibility index (Phi) is 6.08. The summed E-state index contributed by atoms with van der Waals surface area (Å²) in [5.41, 5.74) is 0.725. The summed E-state index contributed by atoms with van der Waals surface area (Å²) in [4.78, 5) is 38.1. The van der Waals surface area contributed by atoms with E-state index in [9.17, 15) is 18.8 Å². The fourth-order valence-electron chi connectivity index (χ4n) is 2.93. The number of nitrogens with one attached hydrogen (secondary N) is 1. The number of nitrogens with zero attached hydrogens (tertiary/aromatic N) is 1. The SMILES string of the molecule is C[C@@H](OC(=O)[C@@H]1CC(=O)N(Cc2ccco2)C1)C(=O)NCc1ccc(F)cc1. The summed E-state index contributed by atoms with van der Waals surface area (Å²) >= 11 is 0. The van der Waals surface area contributed by atoms with Crippen molar-refractivity contribution in [2.75, 3.05) is 6.54 Å². The maximum atomic E-state index is 12.9. The summed E-state index contributed by atoms with van der Waals surface area (Å²) in [6.45, 7) is 2.18. The molecule has 8 heteroatoms. The molecule has 3 rings (SSSR count). The molecule has 1 N–H and O–H groups in total. The second kappa shape index (κ2) is 8.69. The van der Waals surface area contributed by atoms with E-state index in [1.54, 1.807) is 24.3 Å². The fraction of sp³-hybridized carbons (Fsp3) is 0.350. The van der Waals surface area contributed by atoms with Crippen LogP contribution in [0.3, 0.4) is 0 Å². The van der Waals surface area contributed by atoms with Gasteiger partial charge < -0.3 is 19.4 Å². The lowest BCUT2D eigenvalue weighted by atomic mass is 10.1. The van der Waals surface area contributed by atoms with Crippen LogP contribution >= 0.6 is 0 Å². The zero-order valence-corrected chi connectivity index (χ0v) is 15.4. The van der Waals surface area contributed by atoms with E-state index in [0.29, 0.717) is 12.3 Å². The molecule has 1 saturated heterocycles. The van der Waals surface area contributed by atoms with Crippen LogP contribution in [0.5, 0.6) is 0 Å². The quantitative estimate of drug-likeness (QED) is 0.733. The Balaban J connectivity index is 1.46. The molecule has 0 radical (unpaired) electrons. The molecule has 0 bridgehead atoms. The van der Waals surface area contributed by atoms with Gasteiger partial charge in [-0.15, -0.1) is 0 Å². The van der Waals surface area contributed by atoms with E-state index in [4.69, 9.17) is 9.15 Å². The van der Waals surface area contributed by atoms with E-state index in [2.05, 4.69) is 5.32 Å². The largest absolute Gasteiger partial charge is 0.467 e. The number of carbonyl (C=O) groups excluding carboxylic acids is 3. The number of furan rings is 1. The van der Waals surface area contributed by atoms with Gasteiger partial charge in [-0.3, -0.25) is 14.4 Å². The molecule has 148 valence electrons. The Labute approximate surface area is 161 Å². The van der Waals surface area contributed by atoms with Gasteiger partial charge >= 0.3 is 5.97 Å². The molecule has 2 amide bonds. The maximum Gasteiger partial charge on any atom is 0.312 e. The van der Waals surface area contributed by atoms with Crippen LogP contribution in [-0.4, -0.2) is 35.3 Å². The third-order valence-corrected chi connectivity index (χ3v) is 4.52. The Bertz CT molecular complexity index is 835. The van der Waals surface area contributed by atoms with E-state index in [1.807, 2.05) is 0 Å². The lowest BCUT2D eigenvalue weighted by molar-refractivity contribution is -0.158. The molecule has 0 spiro atoms. The van der Waals surface area contributed by atoms with Crippen molar-refractivity contribution >= 4 is 17.8 Å². The first-order chi connectivity index (χ1) is 13.4. The number of carbonyl (C=O) groups is 3. The highest BCUT2D eigenvalue weighted by Gasteiger charge is 2.36. The highest BCUT2D eigenvalue weighted by Crippen LogP contribution is 2.22. The highest BCUT2D eigenvalue weighted by molar-refractivity contribution is 5.88. The standard InChI is InChI=1S/C20H21FN2O5/c1-13(19(25)22-10-14-4-6-16(21)7-5-14)28-20(26)15-9-18(24)23(11-15)12-17-3-2-8-27-17/h2-8,13,15H,9-12H2,1H3,(H,22,25)/t13-,15-/m1/s1. The van der Waals surface area contributed by atoms with Crippen LogP contribution in [0.2, 0.25) is 0 Å². The van der Waals surface area contributed by atoms with Crippen LogP contribution in [0, 0.1) is 11.7 Å². The van der Waals surface area contributed by atoms with Crippen molar-refractivity contribution in [3.63, 3.8) is 0 Å². The zero-order chi connectivity index (χ0) is 20.1. The molecule has 0 saturated carbocycles. The molecule has 1 aromatic carbocycles. The number of ether oxygens (including phenoxy) is 1. The van der Waals surface area contributed by atoms with Crippen molar-refractivity contribution in [2.45, 2.75) is 32.5 Å². The van der Waals surface area contributed by atoms with E-state index >= 15 is 0 Å². The molecule has 2 atom stereocenters. The number of amides is 2. The van der Waals surface area contributed by atoms with E-state index in [1.165, 1.54) is 30.2 Å². The average Bonchev–Trinajstić information content (AvgIpc) is 3.31. The van der Waals surface area contributed by atoms with Crippen LogP contribution in [-0.2, 0) is 32.2 Å². The van der Waals surface area contributed by atoms with E-state index in [-0.39, 0.29) is 31.2 Å². The first-order valence-corrected chi connectivity index (χ1v) is 8.95. The van der Waals surface area contributed by atoms with Crippen LogP contribution in [0.15, 0.2) is 47.1 Å². The summed E-state index contributed by atoms with van der Waals surface area (Å²) in [7, 11) is 0. The van der Waals surface area contributed by atoms with Gasteiger partial charge in [-0.1, -0.05) is 12.1 Å². The normalized spacial score (nSPS) is 17.4. The van der Waals surface area contributed by atoms with Gasteiger partial charge in [0.2, 0.25) is 5.91 Å². The predicted octanol–water partition coefficient (Wildman–Crippen LogP) is 2.02. The van der Waals surface area contributed by atoms with E-state index in [0.717, 1.165) is 5.56 Å². The molecule has 2 heterocycles. The Hall–Kier alpha value is -3.16. The van der Waals surface area contributed by atoms with Gasteiger partial charge in [0.25, 0.3) is 5.91 Å². The second-order valence-corrected chi connectivity index (χ2v) is 6.68. The van der Waals surface area contributed by atoms with Crippen LogP contribution < -0.4 is 5.32 Å². The van der Waals surface area contributed by atoms with Crippen LogP contribution in [0.25, 0.3) is 0 Å². The van der Waals surface area contributed by atoms with Crippen molar-refractivity contribution in [1.29, 1.82) is 0 Å². The number of rotatable bonds is 7. The molecule has 1 fully saturated rings. The summed E-state index contributed by atoms with van der Waals surface area (Å²) in [6, 6.07) is 9.21. The first-order valence-electron chi connectivity index (χ1n) is 8.95. The minimum atomic E-state index is -0.998. The Morgan fingerprint density at radius 3 is 2.75 bits per heavy atom. The van der Waals surface area contributed by atoms with Gasteiger partial charge in [-0.2, -0.15) is 0 Å². The molecule has 0 unspecified atom stereocenters. The second-order valence-electron chi connectivity index (χ2n) is 6.68. The topological polar surface area (TPSA) is 88.9 Å². The number of hydrogen-bond acceptors (Lipinski definition) is 5. The number of benzene rings is 1. The predicted molar refractivity (Wildman–Crippen MR) is 96.0 cm³/mol. The molecule has 1 aliphatic heterocycles. The van der Waals surface area contributed by atoms with Gasteiger partial charge in [-0.25, -0.2) is 4.39 Å². The fourth-order valence-corrected chi connectivity index (χ4v) is 2.93. The van der Waals surface area contributed by atoms with Crippen LogP contribution in [0.4, 0.5) is 4.39 Å². The lowest BCUT2D eigenvalue weighted by Crippen LogP contribution is -2.37. The molecule has 1 aliphatic rings. The molecule has 2 aromatic rings. The summed E-state index contributed by atoms with van der Waals surface area (Å²) in [5, 5.41) is 2.63. The van der Waals surface area contributed by atoms with E-state index < -0.39 is 23.9 Å². The van der Waals surface area contributed by atoms with Crippen molar-refractivity contribution in [2.24, 2.45) is 5.92 Å². The van der Waals surface area contributed by atoms with Gasteiger partial charge in [0.05, 0.1) is 18.7 Å². The molecular formula is C20H21FN2O5. The van der Waals surface area contributed by atoms with Gasteiger partial charge in [0.15, 0.2) is 6.10 Å². The summed E-state index contributed by atoms with van der Waals surface area (Å²) in [5.74, 6) is -1.55. The molecule has 7 nitrogen and oxygen atoms in total. The molecule has 1 aromatic heterocycles. The molecule has 28 heavy (non-hydrogen) atoms. The summed E-state index contributed by atoms with van der Waals surface area (Å²) in [6.07, 6.45) is 0.569. The number of halogens is 1. The molecular weight excluding hydrogens is 367 g/mol. The third kappa shape index (κ3) is 4.97.